The molecule has 0 aromatic heterocycles. The Bertz CT molecular complexity index is 1760. The molecule has 0 aliphatic carbocycles. The third-order valence-electron chi connectivity index (χ3n) is 8.78. The molecule has 0 aliphatic rings. The van der Waals surface area contributed by atoms with Gasteiger partial charge in [-0.2, -0.15) is 0 Å². The maximum Gasteiger partial charge on any atom is 0.179 e. The first-order valence-corrected chi connectivity index (χ1v) is 17.3. The maximum atomic E-state index is 2.37. The lowest BCUT2D eigenvalue weighted by Crippen LogP contribution is -2.74. The van der Waals surface area contributed by atoms with Crippen LogP contribution in [0.2, 0.25) is 0 Å². The zero-order chi connectivity index (χ0) is 29.6. The van der Waals surface area contributed by atoms with E-state index in [9.17, 15) is 0 Å². The zero-order valence-corrected chi connectivity index (χ0v) is 25.6. The fourth-order valence-electron chi connectivity index (χ4n) is 6.71. The van der Waals surface area contributed by atoms with Crippen molar-refractivity contribution in [2.45, 2.75) is 5.92 Å². The van der Waals surface area contributed by atoms with Crippen LogP contribution in [0, 0.1) is 0 Å². The van der Waals surface area contributed by atoms with Gasteiger partial charge in [0.25, 0.3) is 0 Å². The molecule has 0 atom stereocenters. The predicted octanol–water partition coefficient (Wildman–Crippen LogP) is 7.91. The Balaban J connectivity index is 1.30. The molecule has 0 bridgehead atoms. The largest absolute Gasteiger partial charge is 0.179 e. The van der Waals surface area contributed by atoms with Gasteiger partial charge in [0.2, 0.25) is 0 Å². The van der Waals surface area contributed by atoms with Crippen molar-refractivity contribution < 1.29 is 0 Å². The second kappa shape index (κ2) is 12.5. The number of rotatable bonds is 8. The van der Waals surface area contributed by atoms with E-state index in [0.717, 1.165) is 0 Å². The summed E-state index contributed by atoms with van der Waals surface area (Å²) in [4.78, 5) is 0. The van der Waals surface area contributed by atoms with E-state index in [2.05, 4.69) is 200 Å². The number of hydrogen-bond acceptors (Lipinski definition) is 0. The number of hydrogen-bond donors (Lipinski definition) is 0. The van der Waals surface area contributed by atoms with E-state index in [1.54, 1.807) is 0 Å². The smallest absolute Gasteiger partial charge is 0.0623 e. The van der Waals surface area contributed by atoms with Gasteiger partial charge < -0.3 is 0 Å². The second-order valence-corrected chi connectivity index (χ2v) is 15.1. The van der Waals surface area contributed by atoms with Crippen molar-refractivity contribution in [3.63, 3.8) is 0 Å². The molecule has 0 spiro atoms. The van der Waals surface area contributed by atoms with Gasteiger partial charge in [-0.1, -0.05) is 200 Å². The van der Waals surface area contributed by atoms with Crippen molar-refractivity contribution in [1.82, 2.24) is 0 Å². The van der Waals surface area contributed by atoms with Crippen LogP contribution in [0.5, 0.6) is 0 Å². The minimum atomic E-state index is -2.52. The summed E-state index contributed by atoms with van der Waals surface area (Å²) in [5, 5.41) is 5.56. The van der Waals surface area contributed by atoms with Crippen LogP contribution in [0.25, 0.3) is 11.1 Å². The normalized spacial score (nSPS) is 11.4. The second-order valence-electron chi connectivity index (χ2n) is 11.3. The van der Waals surface area contributed by atoms with Crippen LogP contribution in [-0.2, 0) is 0 Å². The fourth-order valence-corrected chi connectivity index (χ4v) is 11.5. The highest BCUT2D eigenvalue weighted by Crippen LogP contribution is 2.33. The van der Waals surface area contributed by atoms with Crippen LogP contribution < -0.4 is 20.7 Å². The van der Waals surface area contributed by atoms with Crippen LogP contribution in [0.3, 0.4) is 0 Å². The topological polar surface area (TPSA) is 0 Å². The number of benzene rings is 7. The van der Waals surface area contributed by atoms with Gasteiger partial charge in [-0.3, -0.25) is 0 Å². The molecule has 0 aliphatic heterocycles. The first-order valence-electron chi connectivity index (χ1n) is 15.3. The molecule has 0 amide bonds. The molecule has 0 saturated carbocycles. The molecule has 0 nitrogen and oxygen atoms in total. The van der Waals surface area contributed by atoms with Crippen molar-refractivity contribution >= 4 is 28.8 Å². The van der Waals surface area contributed by atoms with Gasteiger partial charge in [-0.05, 0) is 48.6 Å². The lowest BCUT2D eigenvalue weighted by molar-refractivity contribution is 0.978. The standard InChI is InChI=1S/C43H34Si/c1-6-16-36(17-7-1)43(37-18-8-2-9-19-37)38-28-26-34(27-29-38)35-30-32-42(33-31-35)44(39-20-10-3-11-21-39,40-22-12-4-13-23-40)41-24-14-5-15-25-41/h1-33,43H. The van der Waals surface area contributed by atoms with E-state index in [-0.39, 0.29) is 5.92 Å². The summed E-state index contributed by atoms with van der Waals surface area (Å²) in [6.45, 7) is 0. The van der Waals surface area contributed by atoms with Crippen LogP contribution in [0.4, 0.5) is 0 Å². The average Bonchev–Trinajstić information content (AvgIpc) is 3.12. The van der Waals surface area contributed by atoms with Crippen molar-refractivity contribution in [2.75, 3.05) is 0 Å². The van der Waals surface area contributed by atoms with E-state index in [0.29, 0.717) is 0 Å². The SMILES string of the molecule is c1ccc(C(c2ccccc2)c2ccc(-c3ccc([Si](c4ccccc4)(c4ccccc4)c4ccccc4)cc3)cc2)cc1. The highest BCUT2D eigenvalue weighted by Gasteiger charge is 2.41. The Kier molecular flexibility index (Phi) is 7.87. The fraction of sp³-hybridized carbons (Fsp3) is 0.0233. The van der Waals surface area contributed by atoms with Crippen molar-refractivity contribution in [2.24, 2.45) is 0 Å². The molecule has 210 valence electrons. The minimum absolute atomic E-state index is 0.197. The van der Waals surface area contributed by atoms with Gasteiger partial charge in [0.15, 0.2) is 8.07 Å². The summed E-state index contributed by atoms with van der Waals surface area (Å²) in [5.74, 6) is 0.197. The average molecular weight is 579 g/mol. The molecule has 0 saturated heterocycles. The van der Waals surface area contributed by atoms with Gasteiger partial charge in [0.05, 0.1) is 0 Å². The van der Waals surface area contributed by atoms with Gasteiger partial charge in [0, 0.05) is 5.92 Å². The van der Waals surface area contributed by atoms with Crippen molar-refractivity contribution in [3.05, 3.63) is 217 Å². The summed E-state index contributed by atoms with van der Waals surface area (Å²) < 4.78 is 0. The molecule has 0 unspecified atom stereocenters. The Morgan fingerprint density at radius 1 is 0.250 bits per heavy atom. The molecule has 0 N–H and O–H groups in total. The van der Waals surface area contributed by atoms with Gasteiger partial charge in [-0.15, -0.1) is 0 Å². The molecular weight excluding hydrogens is 545 g/mol. The van der Waals surface area contributed by atoms with E-state index in [1.165, 1.54) is 48.6 Å². The molecule has 7 rings (SSSR count). The Morgan fingerprint density at radius 3 is 0.886 bits per heavy atom. The summed E-state index contributed by atoms with van der Waals surface area (Å²) in [6.07, 6.45) is 0. The maximum absolute atomic E-state index is 2.52. The molecule has 1 heteroatoms. The van der Waals surface area contributed by atoms with Crippen LogP contribution in [-0.4, -0.2) is 8.07 Å². The highest BCUT2D eigenvalue weighted by atomic mass is 28.3. The first kappa shape index (κ1) is 27.6. The van der Waals surface area contributed by atoms with E-state index in [1.807, 2.05) is 0 Å². The molecule has 0 radical (unpaired) electrons. The summed E-state index contributed by atoms with van der Waals surface area (Å²) in [6, 6.07) is 73.4. The van der Waals surface area contributed by atoms with E-state index >= 15 is 0 Å². The monoisotopic (exact) mass is 578 g/mol. The van der Waals surface area contributed by atoms with Gasteiger partial charge in [-0.25, -0.2) is 0 Å². The summed E-state index contributed by atoms with van der Waals surface area (Å²) in [7, 11) is -2.52. The third kappa shape index (κ3) is 5.23. The molecule has 0 heterocycles. The minimum Gasteiger partial charge on any atom is -0.0623 e. The Morgan fingerprint density at radius 2 is 0.523 bits per heavy atom. The quantitative estimate of drug-likeness (QED) is 0.127. The van der Waals surface area contributed by atoms with Crippen molar-refractivity contribution in [1.29, 1.82) is 0 Å². The predicted molar refractivity (Wildman–Crippen MR) is 189 cm³/mol. The van der Waals surface area contributed by atoms with Gasteiger partial charge in [0.1, 0.15) is 0 Å². The van der Waals surface area contributed by atoms with Crippen molar-refractivity contribution in [3.8, 4) is 11.1 Å². The Hall–Kier alpha value is -5.24. The summed E-state index contributed by atoms with van der Waals surface area (Å²) >= 11 is 0. The molecule has 7 aromatic rings. The molecule has 0 fully saturated rings. The van der Waals surface area contributed by atoms with Crippen LogP contribution in [0.15, 0.2) is 200 Å². The lowest BCUT2D eigenvalue weighted by atomic mass is 9.84. The highest BCUT2D eigenvalue weighted by molar-refractivity contribution is 7.19. The lowest BCUT2D eigenvalue weighted by Gasteiger charge is -2.34. The zero-order valence-electron chi connectivity index (χ0n) is 24.6. The molecule has 7 aromatic carbocycles. The molecular formula is C43H34Si. The Labute approximate surface area is 262 Å². The first-order chi connectivity index (χ1) is 21.8. The third-order valence-corrected chi connectivity index (χ3v) is 13.6. The van der Waals surface area contributed by atoms with Crippen LogP contribution in [0.1, 0.15) is 22.6 Å². The van der Waals surface area contributed by atoms with E-state index < -0.39 is 8.07 Å². The van der Waals surface area contributed by atoms with Crippen LogP contribution >= 0.6 is 0 Å². The summed E-state index contributed by atoms with van der Waals surface area (Å²) in [5.41, 5.74) is 6.37. The van der Waals surface area contributed by atoms with Gasteiger partial charge >= 0.3 is 0 Å². The molecule has 44 heavy (non-hydrogen) atoms. The van der Waals surface area contributed by atoms with E-state index in [4.69, 9.17) is 0 Å².